The van der Waals surface area contributed by atoms with E-state index in [4.69, 9.17) is 14.5 Å². The summed E-state index contributed by atoms with van der Waals surface area (Å²) in [4.78, 5) is 64.9. The summed E-state index contributed by atoms with van der Waals surface area (Å²) in [6.07, 6.45) is 4.89. The van der Waals surface area contributed by atoms with Crippen LogP contribution in [0.5, 0.6) is 11.5 Å². The van der Waals surface area contributed by atoms with E-state index in [1.807, 2.05) is 80.3 Å². The van der Waals surface area contributed by atoms with Crippen molar-refractivity contribution in [2.24, 2.45) is 17.3 Å². The molecule has 2 unspecified atom stereocenters. The topological polar surface area (TPSA) is 164 Å². The Kier molecular flexibility index (Phi) is 11.1. The maximum atomic E-state index is 14.9. The van der Waals surface area contributed by atoms with Crippen LogP contribution in [0.25, 0.3) is 22.2 Å². The van der Waals surface area contributed by atoms with Gasteiger partial charge in [-0.15, -0.1) is 6.58 Å². The first-order valence-corrected chi connectivity index (χ1v) is 21.5. The lowest BCUT2D eigenvalue weighted by Gasteiger charge is -2.36. The summed E-state index contributed by atoms with van der Waals surface area (Å²) in [5.41, 5.74) is -0.0994. The van der Waals surface area contributed by atoms with Crippen molar-refractivity contribution in [2.45, 2.75) is 95.1 Å². The van der Waals surface area contributed by atoms with Crippen LogP contribution >= 0.6 is 0 Å². The molecule has 7 rings (SSSR count). The molecule has 3 aromatic rings. The maximum Gasteiger partial charge on any atom is 0.259 e. The van der Waals surface area contributed by atoms with Crippen molar-refractivity contribution in [3.05, 3.63) is 67.3 Å². The monoisotopic (exact) mass is 799 g/mol. The lowest BCUT2D eigenvalue weighted by Crippen LogP contribution is -2.57. The Hall–Kier alpha value is -4.98. The van der Waals surface area contributed by atoms with Crippen LogP contribution in [0.1, 0.15) is 72.1 Å². The molecule has 0 bridgehead atoms. The highest BCUT2D eigenvalue weighted by atomic mass is 32.2. The van der Waals surface area contributed by atoms with Crippen molar-refractivity contribution < 1.29 is 37.1 Å². The standard InChI is InChI=1S/C43H53N5O8S/c1-6-28-25-43(28,41(52)46-57(53,54)30-18-19-30)45-39(50)34-22-29(26-48(34)40(51)32(42(2,3)4)23-37(49)47-20-11-8-12-21-47)56-36-24-33(27-14-9-7-10-15-27)44-38-31(36)16-13-17-35(38)55-5/h6-7,9-10,13-17,24,28-30,32,34H,1,8,11-12,18-23,25-26H2,2-5H3,(H,45,50)(H,46,52)/t28-,29-,32?,34+,43?/m1/s1. The number of hydrogen-bond acceptors (Lipinski definition) is 9. The molecular weight excluding hydrogens is 747 g/mol. The van der Waals surface area contributed by atoms with Gasteiger partial charge in [-0.1, -0.05) is 63.2 Å². The van der Waals surface area contributed by atoms with E-state index in [-0.39, 0.29) is 37.6 Å². The number of fused-ring (bicyclic) bond motifs is 1. The molecule has 4 amide bonds. The fraction of sp³-hybridized carbons (Fsp3) is 0.512. The number of piperidine rings is 1. The zero-order valence-corrected chi connectivity index (χ0v) is 34.0. The lowest BCUT2D eigenvalue weighted by atomic mass is 9.77. The molecule has 3 heterocycles. The Morgan fingerprint density at radius 3 is 2.37 bits per heavy atom. The number of rotatable bonds is 13. The van der Waals surface area contributed by atoms with Gasteiger partial charge in [0.2, 0.25) is 27.7 Å². The van der Waals surface area contributed by atoms with E-state index in [1.165, 1.54) is 11.0 Å². The van der Waals surface area contributed by atoms with Crippen LogP contribution in [0, 0.1) is 17.3 Å². The Morgan fingerprint density at radius 2 is 1.74 bits per heavy atom. The van der Waals surface area contributed by atoms with Crippen LogP contribution in [-0.4, -0.2) is 96.5 Å². The normalized spacial score (nSPS) is 24.0. The second-order valence-corrected chi connectivity index (χ2v) is 18.9. The minimum Gasteiger partial charge on any atom is -0.494 e. The fourth-order valence-electron chi connectivity index (χ4n) is 8.19. The molecular formula is C43H53N5O8S. The molecule has 2 N–H and O–H groups in total. The highest BCUT2D eigenvalue weighted by Crippen LogP contribution is 2.46. The van der Waals surface area contributed by atoms with E-state index in [0.29, 0.717) is 54.0 Å². The average Bonchev–Trinajstić information content (AvgIpc) is 4.13. The van der Waals surface area contributed by atoms with Gasteiger partial charge in [-0.2, -0.15) is 0 Å². The zero-order chi connectivity index (χ0) is 40.7. The van der Waals surface area contributed by atoms with Crippen LogP contribution in [0.4, 0.5) is 0 Å². The summed E-state index contributed by atoms with van der Waals surface area (Å²) >= 11 is 0. The maximum absolute atomic E-state index is 14.9. The molecule has 4 fully saturated rings. The largest absolute Gasteiger partial charge is 0.494 e. The molecule has 2 aliphatic carbocycles. The van der Waals surface area contributed by atoms with Gasteiger partial charge in [0.05, 0.1) is 30.5 Å². The van der Waals surface area contributed by atoms with Gasteiger partial charge in [-0.25, -0.2) is 13.4 Å². The van der Waals surface area contributed by atoms with Crippen LogP contribution in [0.2, 0.25) is 0 Å². The smallest absolute Gasteiger partial charge is 0.259 e. The molecule has 14 heteroatoms. The molecule has 2 saturated heterocycles. The first-order chi connectivity index (χ1) is 27.1. The number of benzene rings is 2. The number of pyridine rings is 1. The van der Waals surface area contributed by atoms with Crippen LogP contribution in [-0.2, 0) is 29.2 Å². The van der Waals surface area contributed by atoms with Gasteiger partial charge >= 0.3 is 0 Å². The van der Waals surface area contributed by atoms with Crippen LogP contribution < -0.4 is 19.5 Å². The fourth-order valence-corrected chi connectivity index (χ4v) is 9.56. The second kappa shape index (κ2) is 15.8. The van der Waals surface area contributed by atoms with E-state index >= 15 is 0 Å². The average molecular weight is 800 g/mol. The van der Waals surface area contributed by atoms with Gasteiger partial charge in [0.1, 0.15) is 34.7 Å². The number of carbonyl (C=O) groups excluding carboxylic acids is 4. The molecule has 2 aromatic carbocycles. The van der Waals surface area contributed by atoms with E-state index < -0.39 is 62.0 Å². The summed E-state index contributed by atoms with van der Waals surface area (Å²) < 4.78 is 40.3. The summed E-state index contributed by atoms with van der Waals surface area (Å²) in [7, 11) is -2.33. The molecule has 1 aromatic heterocycles. The van der Waals surface area contributed by atoms with Gasteiger partial charge in [0.25, 0.3) is 5.91 Å². The Labute approximate surface area is 334 Å². The number of amides is 4. The number of carbonyl (C=O) groups is 4. The SMILES string of the molecule is C=C[C@@H]1CC1(NC(=O)[C@@H]1C[C@@H](Oc2cc(-c3ccccc3)nc3c(OC)cccc23)CN1C(=O)C(CC(=O)N1CCCCC1)C(C)(C)C)C(=O)NS(=O)(=O)C1CC1. The van der Waals surface area contributed by atoms with Crippen LogP contribution in [0.15, 0.2) is 67.3 Å². The number of methoxy groups -OCH3 is 1. The third kappa shape index (κ3) is 8.37. The highest BCUT2D eigenvalue weighted by Gasteiger charge is 2.62. The van der Waals surface area contributed by atoms with E-state index in [0.717, 1.165) is 24.8 Å². The quantitative estimate of drug-likeness (QED) is 0.227. The molecule has 13 nitrogen and oxygen atoms in total. The van der Waals surface area contributed by atoms with Gasteiger partial charge in [-0.05, 0) is 56.1 Å². The molecule has 4 aliphatic rings. The molecule has 0 radical (unpaired) electrons. The predicted octanol–water partition coefficient (Wildman–Crippen LogP) is 4.99. The third-order valence-electron chi connectivity index (χ3n) is 11.9. The second-order valence-electron chi connectivity index (χ2n) is 17.0. The minimum absolute atomic E-state index is 0.0160. The summed E-state index contributed by atoms with van der Waals surface area (Å²) in [6, 6.07) is 15.9. The van der Waals surface area contributed by atoms with Crippen molar-refractivity contribution in [3.8, 4) is 22.8 Å². The first-order valence-electron chi connectivity index (χ1n) is 19.9. The first kappa shape index (κ1) is 40.2. The van der Waals surface area contributed by atoms with E-state index in [2.05, 4.69) is 16.6 Å². The summed E-state index contributed by atoms with van der Waals surface area (Å²) in [5, 5.41) is 2.91. The number of sulfonamides is 1. The molecule has 2 saturated carbocycles. The predicted molar refractivity (Wildman–Crippen MR) is 216 cm³/mol. The molecule has 304 valence electrons. The van der Waals surface area contributed by atoms with Gasteiger partial charge < -0.3 is 24.6 Å². The van der Waals surface area contributed by atoms with Gasteiger partial charge in [-0.3, -0.25) is 23.9 Å². The van der Waals surface area contributed by atoms with Crippen LogP contribution in [0.3, 0.4) is 0 Å². The van der Waals surface area contributed by atoms with Gasteiger partial charge in [0, 0.05) is 48.9 Å². The van der Waals surface area contributed by atoms with Crippen molar-refractivity contribution in [1.82, 2.24) is 24.8 Å². The molecule has 57 heavy (non-hydrogen) atoms. The van der Waals surface area contributed by atoms with E-state index in [1.54, 1.807) is 7.11 Å². The number of likely N-dealkylation sites (tertiary alicyclic amines) is 2. The third-order valence-corrected chi connectivity index (χ3v) is 13.7. The summed E-state index contributed by atoms with van der Waals surface area (Å²) in [5.74, 6) is -2.13. The number of ether oxygens (including phenoxy) is 2. The minimum atomic E-state index is -3.90. The Balaban J connectivity index is 1.22. The van der Waals surface area contributed by atoms with Crippen molar-refractivity contribution in [3.63, 3.8) is 0 Å². The van der Waals surface area contributed by atoms with Crippen molar-refractivity contribution in [2.75, 3.05) is 26.7 Å². The number of para-hydroxylation sites is 1. The highest BCUT2D eigenvalue weighted by molar-refractivity contribution is 7.91. The van der Waals surface area contributed by atoms with Crippen molar-refractivity contribution in [1.29, 1.82) is 0 Å². The number of aromatic nitrogens is 1. The number of hydrogen-bond donors (Lipinski definition) is 2. The summed E-state index contributed by atoms with van der Waals surface area (Å²) in [6.45, 7) is 10.9. The van der Waals surface area contributed by atoms with Crippen molar-refractivity contribution >= 4 is 44.6 Å². The van der Waals surface area contributed by atoms with Gasteiger partial charge in [0.15, 0.2) is 0 Å². The lowest BCUT2D eigenvalue weighted by molar-refractivity contribution is -0.148. The number of nitrogens with one attached hydrogen (secondary N) is 2. The molecule has 5 atom stereocenters. The Morgan fingerprint density at radius 1 is 1.02 bits per heavy atom. The zero-order valence-electron chi connectivity index (χ0n) is 33.2. The molecule has 0 spiro atoms. The molecule has 2 aliphatic heterocycles. The van der Waals surface area contributed by atoms with E-state index in [9.17, 15) is 27.6 Å². The number of nitrogens with zero attached hydrogens (tertiary/aromatic N) is 3. The Bertz CT molecular complexity index is 2160.